The van der Waals surface area contributed by atoms with Gasteiger partial charge in [-0.05, 0) is 32.1 Å². The molecule has 1 spiro atoms. The first kappa shape index (κ1) is 9.04. The van der Waals surface area contributed by atoms with E-state index in [1.807, 2.05) is 4.90 Å². The first-order valence-electron chi connectivity index (χ1n) is 5.53. The van der Waals surface area contributed by atoms with Crippen LogP contribution in [0.1, 0.15) is 51.4 Å². The van der Waals surface area contributed by atoms with Gasteiger partial charge in [0, 0.05) is 12.1 Å². The molecule has 2 rings (SSSR count). The van der Waals surface area contributed by atoms with E-state index in [9.17, 15) is 4.79 Å². The monoisotopic (exact) mass is 180 g/mol. The minimum Gasteiger partial charge on any atom is -0.329 e. The van der Waals surface area contributed by atoms with Crippen molar-refractivity contribution in [2.24, 2.45) is 0 Å². The van der Waals surface area contributed by atoms with Crippen LogP contribution >= 0.6 is 0 Å². The van der Waals surface area contributed by atoms with E-state index in [4.69, 9.17) is 0 Å². The van der Waals surface area contributed by atoms with Crippen molar-refractivity contribution in [1.82, 2.24) is 4.90 Å². The zero-order valence-corrected chi connectivity index (χ0v) is 8.22. The number of carbonyl (C=O) groups excluding carboxylic acids is 1. The van der Waals surface area contributed by atoms with Gasteiger partial charge in [0.15, 0.2) is 0 Å². The van der Waals surface area contributed by atoms with Crippen LogP contribution in [-0.2, 0) is 4.79 Å². The Morgan fingerprint density at radius 2 is 1.54 bits per heavy atom. The van der Waals surface area contributed by atoms with Crippen molar-refractivity contribution in [3.05, 3.63) is 0 Å². The molecule has 0 aromatic heterocycles. The number of likely N-dealkylation sites (tertiary alicyclic amines) is 1. The van der Waals surface area contributed by atoms with E-state index in [1.165, 1.54) is 51.4 Å². The number of hydrogen-bond donors (Lipinski definition) is 0. The van der Waals surface area contributed by atoms with Crippen molar-refractivity contribution in [1.29, 1.82) is 0 Å². The molecular weight excluding hydrogens is 162 g/mol. The molecule has 0 aromatic rings. The molecule has 1 amide bonds. The summed E-state index contributed by atoms with van der Waals surface area (Å²) in [6.07, 6.45) is 12.3. The first-order chi connectivity index (χ1) is 6.37. The highest BCUT2D eigenvalue weighted by molar-refractivity contribution is 5.50. The van der Waals surface area contributed by atoms with Crippen LogP contribution in [0.2, 0.25) is 0 Å². The van der Waals surface area contributed by atoms with Crippen LogP contribution in [0.5, 0.6) is 0 Å². The normalized spacial score (nSPS) is 27.5. The van der Waals surface area contributed by atoms with Gasteiger partial charge in [0.25, 0.3) is 0 Å². The van der Waals surface area contributed by atoms with Gasteiger partial charge >= 0.3 is 6.41 Å². The quantitative estimate of drug-likeness (QED) is 0.606. The molecule has 73 valence electrons. The standard InChI is InChI=1S/C11H18NO/c13-10-12-9-5-4-8-11(12)6-2-1-3-7-11/h1-9H2. The molecule has 1 radical (unpaired) electrons. The summed E-state index contributed by atoms with van der Waals surface area (Å²) < 4.78 is 0. The average molecular weight is 180 g/mol. The maximum Gasteiger partial charge on any atom is 0.312 e. The second-order valence-corrected chi connectivity index (χ2v) is 4.49. The Hall–Kier alpha value is -0.530. The zero-order valence-electron chi connectivity index (χ0n) is 8.22. The van der Waals surface area contributed by atoms with E-state index in [1.54, 1.807) is 0 Å². The Morgan fingerprint density at radius 1 is 0.923 bits per heavy atom. The van der Waals surface area contributed by atoms with Crippen LogP contribution < -0.4 is 0 Å². The minimum atomic E-state index is 0.234. The Morgan fingerprint density at radius 3 is 2.15 bits per heavy atom. The maximum atomic E-state index is 10.8. The maximum absolute atomic E-state index is 10.8. The highest BCUT2D eigenvalue weighted by Gasteiger charge is 2.39. The van der Waals surface area contributed by atoms with Crippen molar-refractivity contribution in [2.45, 2.75) is 56.9 Å². The van der Waals surface area contributed by atoms with Crippen LogP contribution in [-0.4, -0.2) is 23.4 Å². The fourth-order valence-corrected chi connectivity index (χ4v) is 2.97. The summed E-state index contributed by atoms with van der Waals surface area (Å²) in [6.45, 7) is 0.948. The lowest BCUT2D eigenvalue weighted by Gasteiger charge is -2.47. The second-order valence-electron chi connectivity index (χ2n) is 4.49. The van der Waals surface area contributed by atoms with Gasteiger partial charge in [-0.1, -0.05) is 19.3 Å². The van der Waals surface area contributed by atoms with E-state index in [0.717, 1.165) is 6.54 Å². The molecule has 0 aromatic carbocycles. The summed E-state index contributed by atoms with van der Waals surface area (Å²) in [6, 6.07) is 0. The number of amides is 1. The number of rotatable bonds is 1. The highest BCUT2D eigenvalue weighted by Crippen LogP contribution is 2.39. The molecule has 1 saturated heterocycles. The molecule has 1 aliphatic heterocycles. The van der Waals surface area contributed by atoms with Gasteiger partial charge < -0.3 is 4.90 Å². The van der Waals surface area contributed by atoms with E-state index < -0.39 is 0 Å². The molecular formula is C11H18NO. The van der Waals surface area contributed by atoms with Crippen molar-refractivity contribution in [3.63, 3.8) is 0 Å². The van der Waals surface area contributed by atoms with Crippen LogP contribution in [0.25, 0.3) is 0 Å². The third-order valence-corrected chi connectivity index (χ3v) is 3.74. The number of piperidine rings is 1. The highest BCUT2D eigenvalue weighted by atomic mass is 16.1. The molecule has 13 heavy (non-hydrogen) atoms. The molecule has 1 aliphatic carbocycles. The van der Waals surface area contributed by atoms with Crippen molar-refractivity contribution >= 4 is 6.41 Å². The Balaban J connectivity index is 2.10. The van der Waals surface area contributed by atoms with E-state index >= 15 is 0 Å². The Kier molecular flexibility index (Phi) is 2.56. The van der Waals surface area contributed by atoms with Gasteiger partial charge in [-0.3, -0.25) is 4.79 Å². The molecule has 1 heterocycles. The molecule has 0 N–H and O–H groups in total. The third kappa shape index (κ3) is 1.59. The Labute approximate surface area is 80.3 Å². The summed E-state index contributed by atoms with van der Waals surface area (Å²) in [5, 5.41) is 0. The largest absolute Gasteiger partial charge is 0.329 e. The van der Waals surface area contributed by atoms with Gasteiger partial charge in [-0.15, -0.1) is 0 Å². The Bertz CT molecular complexity index is 176. The summed E-state index contributed by atoms with van der Waals surface area (Å²) in [5.41, 5.74) is 0.234. The molecule has 2 aliphatic rings. The number of nitrogens with zero attached hydrogens (tertiary/aromatic N) is 1. The van der Waals surface area contributed by atoms with Crippen molar-refractivity contribution < 1.29 is 4.79 Å². The van der Waals surface area contributed by atoms with E-state index in [0.29, 0.717) is 0 Å². The van der Waals surface area contributed by atoms with Crippen LogP contribution in [0.3, 0.4) is 0 Å². The summed E-state index contributed by atoms with van der Waals surface area (Å²) in [5.74, 6) is 0. The van der Waals surface area contributed by atoms with Crippen molar-refractivity contribution in [3.8, 4) is 0 Å². The van der Waals surface area contributed by atoms with Gasteiger partial charge in [-0.2, -0.15) is 0 Å². The lowest BCUT2D eigenvalue weighted by Crippen LogP contribution is -2.52. The van der Waals surface area contributed by atoms with Gasteiger partial charge in [-0.25, -0.2) is 0 Å². The van der Waals surface area contributed by atoms with Crippen molar-refractivity contribution in [2.75, 3.05) is 6.54 Å². The van der Waals surface area contributed by atoms with Gasteiger partial charge in [0.05, 0.1) is 0 Å². The fourth-order valence-electron chi connectivity index (χ4n) is 2.97. The van der Waals surface area contributed by atoms with Crippen LogP contribution in [0.4, 0.5) is 0 Å². The molecule has 0 bridgehead atoms. The molecule has 0 atom stereocenters. The topological polar surface area (TPSA) is 20.3 Å². The van der Waals surface area contributed by atoms with E-state index in [-0.39, 0.29) is 5.54 Å². The SMILES string of the molecule is O=[C]N1CCCCC12CCCCC2. The predicted octanol–water partition coefficient (Wildman–Crippen LogP) is 2.24. The summed E-state index contributed by atoms with van der Waals surface area (Å²) in [4.78, 5) is 12.8. The number of hydrogen-bond acceptors (Lipinski definition) is 1. The van der Waals surface area contributed by atoms with Gasteiger partial charge in [0.1, 0.15) is 0 Å². The average Bonchev–Trinajstić information content (AvgIpc) is 2.20. The van der Waals surface area contributed by atoms with Crippen LogP contribution in [0.15, 0.2) is 0 Å². The molecule has 2 fully saturated rings. The lowest BCUT2D eigenvalue weighted by molar-refractivity contribution is 0.0727. The zero-order chi connectivity index (χ0) is 9.15. The summed E-state index contributed by atoms with van der Waals surface area (Å²) in [7, 11) is 0. The fraction of sp³-hybridized carbons (Fsp3) is 0.909. The molecule has 0 unspecified atom stereocenters. The minimum absolute atomic E-state index is 0.234. The third-order valence-electron chi connectivity index (χ3n) is 3.74. The first-order valence-corrected chi connectivity index (χ1v) is 5.53. The smallest absolute Gasteiger partial charge is 0.312 e. The van der Waals surface area contributed by atoms with E-state index in [2.05, 4.69) is 6.41 Å². The lowest BCUT2D eigenvalue weighted by atomic mass is 9.75. The second kappa shape index (κ2) is 3.69. The predicted molar refractivity (Wildman–Crippen MR) is 52.1 cm³/mol. The molecule has 1 saturated carbocycles. The molecule has 2 nitrogen and oxygen atoms in total. The van der Waals surface area contributed by atoms with Crippen LogP contribution in [0, 0.1) is 0 Å². The molecule has 2 heteroatoms. The summed E-state index contributed by atoms with van der Waals surface area (Å²) >= 11 is 0. The van der Waals surface area contributed by atoms with Gasteiger partial charge in [0.2, 0.25) is 0 Å².